The van der Waals surface area contributed by atoms with Crippen molar-refractivity contribution >= 4 is 24.2 Å². The summed E-state index contributed by atoms with van der Waals surface area (Å²) >= 11 is 0. The van der Waals surface area contributed by atoms with Crippen molar-refractivity contribution in [1.29, 1.82) is 0 Å². The molecule has 0 aliphatic carbocycles. The van der Waals surface area contributed by atoms with Gasteiger partial charge in [-0.15, -0.1) is 12.4 Å². The van der Waals surface area contributed by atoms with Crippen molar-refractivity contribution in [3.8, 4) is 0 Å². The number of nitrogens with one attached hydrogen (secondary N) is 2. The quantitative estimate of drug-likeness (QED) is 0.709. The van der Waals surface area contributed by atoms with Crippen molar-refractivity contribution in [1.82, 2.24) is 15.5 Å². The average Bonchev–Trinajstić information content (AvgIpc) is 2.46. The Kier molecular flexibility index (Phi) is 10.3. The Labute approximate surface area is 132 Å². The normalized spacial score (nSPS) is 9.62. The highest BCUT2D eigenvalue weighted by Gasteiger charge is 2.10. The number of hydrogen-bond donors (Lipinski definition) is 2. The van der Waals surface area contributed by atoms with Gasteiger partial charge >= 0.3 is 0 Å². The van der Waals surface area contributed by atoms with E-state index in [1.54, 1.807) is 11.9 Å². The molecule has 0 fully saturated rings. The lowest BCUT2D eigenvalue weighted by Gasteiger charge is -2.17. The minimum atomic E-state index is -0.0872. The summed E-state index contributed by atoms with van der Waals surface area (Å²) < 4.78 is 0. The summed E-state index contributed by atoms with van der Waals surface area (Å²) in [5.41, 5.74) is 1.07. The molecule has 118 valence electrons. The minimum Gasteiger partial charge on any atom is -0.347 e. The number of halogens is 1. The van der Waals surface area contributed by atoms with Crippen LogP contribution in [0.3, 0.4) is 0 Å². The van der Waals surface area contributed by atoms with Crippen LogP contribution in [-0.4, -0.2) is 43.9 Å². The molecule has 1 rings (SSSR count). The molecular weight excluding hydrogens is 290 g/mol. The summed E-state index contributed by atoms with van der Waals surface area (Å²) in [6.45, 7) is 1.41. The number of carbonyl (C=O) groups is 2. The molecule has 0 atom stereocenters. The van der Waals surface area contributed by atoms with Crippen molar-refractivity contribution < 1.29 is 9.59 Å². The molecule has 0 radical (unpaired) electrons. The van der Waals surface area contributed by atoms with Crippen molar-refractivity contribution in [3.63, 3.8) is 0 Å². The molecule has 0 spiro atoms. The van der Waals surface area contributed by atoms with Crippen molar-refractivity contribution in [3.05, 3.63) is 35.9 Å². The highest BCUT2D eigenvalue weighted by molar-refractivity contribution is 5.85. The van der Waals surface area contributed by atoms with Crippen LogP contribution in [0.4, 0.5) is 0 Å². The van der Waals surface area contributed by atoms with E-state index < -0.39 is 0 Å². The Bertz CT molecular complexity index is 426. The van der Waals surface area contributed by atoms with Crippen molar-refractivity contribution in [2.24, 2.45) is 0 Å². The smallest absolute Gasteiger partial charge is 0.242 e. The van der Waals surface area contributed by atoms with E-state index in [1.807, 2.05) is 37.4 Å². The first-order chi connectivity index (χ1) is 9.63. The van der Waals surface area contributed by atoms with Gasteiger partial charge < -0.3 is 15.5 Å². The van der Waals surface area contributed by atoms with E-state index in [2.05, 4.69) is 10.6 Å². The Morgan fingerprint density at radius 3 is 2.48 bits per heavy atom. The van der Waals surface area contributed by atoms with Gasteiger partial charge in [-0.2, -0.15) is 0 Å². The van der Waals surface area contributed by atoms with Crippen LogP contribution in [0.2, 0.25) is 0 Å². The SMILES string of the molecule is CNCCCC(=O)NCC(=O)N(C)Cc1ccccc1.Cl. The molecule has 0 aliphatic heterocycles. The van der Waals surface area contributed by atoms with Crippen LogP contribution in [-0.2, 0) is 16.1 Å². The van der Waals surface area contributed by atoms with Crippen LogP contribution in [0, 0.1) is 0 Å². The van der Waals surface area contributed by atoms with E-state index in [4.69, 9.17) is 0 Å². The Morgan fingerprint density at radius 2 is 1.86 bits per heavy atom. The van der Waals surface area contributed by atoms with Gasteiger partial charge in [0.15, 0.2) is 0 Å². The van der Waals surface area contributed by atoms with Crippen molar-refractivity contribution in [2.75, 3.05) is 27.2 Å². The van der Waals surface area contributed by atoms with Crippen LogP contribution in [0.5, 0.6) is 0 Å². The molecule has 6 heteroatoms. The van der Waals surface area contributed by atoms with Crippen LogP contribution >= 0.6 is 12.4 Å². The van der Waals surface area contributed by atoms with Gasteiger partial charge in [0.1, 0.15) is 0 Å². The number of carbonyl (C=O) groups excluding carboxylic acids is 2. The summed E-state index contributed by atoms with van der Waals surface area (Å²) in [4.78, 5) is 25.0. The largest absolute Gasteiger partial charge is 0.347 e. The van der Waals surface area contributed by atoms with Gasteiger partial charge in [0, 0.05) is 20.0 Å². The lowest BCUT2D eigenvalue weighted by molar-refractivity contribution is -0.132. The third-order valence-electron chi connectivity index (χ3n) is 2.96. The fourth-order valence-corrected chi connectivity index (χ4v) is 1.77. The maximum atomic E-state index is 11.9. The maximum Gasteiger partial charge on any atom is 0.242 e. The summed E-state index contributed by atoms with van der Waals surface area (Å²) in [6.07, 6.45) is 1.22. The van der Waals surface area contributed by atoms with Crippen LogP contribution in [0.25, 0.3) is 0 Å². The molecule has 0 aliphatic rings. The van der Waals surface area contributed by atoms with Gasteiger partial charge in [-0.1, -0.05) is 30.3 Å². The van der Waals surface area contributed by atoms with E-state index in [-0.39, 0.29) is 30.8 Å². The Balaban J connectivity index is 0.00000400. The summed E-state index contributed by atoms with van der Waals surface area (Å²) in [5, 5.41) is 5.63. The van der Waals surface area contributed by atoms with Gasteiger partial charge in [0.05, 0.1) is 6.54 Å². The predicted octanol–water partition coefficient (Wildman–Crippen LogP) is 1.18. The lowest BCUT2D eigenvalue weighted by Crippen LogP contribution is -2.37. The first-order valence-corrected chi connectivity index (χ1v) is 6.82. The lowest BCUT2D eigenvalue weighted by atomic mass is 10.2. The second kappa shape index (κ2) is 11.1. The van der Waals surface area contributed by atoms with Gasteiger partial charge in [0.25, 0.3) is 0 Å². The van der Waals surface area contributed by atoms with Gasteiger partial charge in [0.2, 0.25) is 11.8 Å². The maximum absolute atomic E-state index is 11.9. The standard InChI is InChI=1S/C15H23N3O2.ClH/c1-16-10-6-9-14(19)17-11-15(20)18(2)12-13-7-4-3-5-8-13;/h3-5,7-8,16H,6,9-12H2,1-2H3,(H,17,19);1H. The summed E-state index contributed by atoms with van der Waals surface area (Å²) in [7, 11) is 3.59. The fourth-order valence-electron chi connectivity index (χ4n) is 1.77. The molecule has 0 unspecified atom stereocenters. The minimum absolute atomic E-state index is 0. The third-order valence-corrected chi connectivity index (χ3v) is 2.96. The molecule has 5 nitrogen and oxygen atoms in total. The number of benzene rings is 1. The number of nitrogens with zero attached hydrogens (tertiary/aromatic N) is 1. The average molecular weight is 314 g/mol. The Hall–Kier alpha value is -1.59. The van der Waals surface area contributed by atoms with Gasteiger partial charge in [-0.3, -0.25) is 9.59 Å². The van der Waals surface area contributed by atoms with E-state index in [1.165, 1.54) is 0 Å². The van der Waals surface area contributed by atoms with Crippen molar-refractivity contribution in [2.45, 2.75) is 19.4 Å². The van der Waals surface area contributed by atoms with Crippen LogP contribution < -0.4 is 10.6 Å². The topological polar surface area (TPSA) is 61.4 Å². The van der Waals surface area contributed by atoms with Crippen LogP contribution in [0.15, 0.2) is 30.3 Å². The number of likely N-dealkylation sites (N-methyl/N-ethyl adjacent to an activating group) is 1. The monoisotopic (exact) mass is 313 g/mol. The first-order valence-electron chi connectivity index (χ1n) is 6.82. The number of amides is 2. The molecule has 0 saturated carbocycles. The number of hydrogen-bond acceptors (Lipinski definition) is 3. The first kappa shape index (κ1) is 19.4. The molecule has 1 aromatic rings. The van der Waals surface area contributed by atoms with Gasteiger partial charge in [-0.05, 0) is 25.6 Å². The second-order valence-electron chi connectivity index (χ2n) is 4.72. The molecular formula is C15H24ClN3O2. The molecule has 21 heavy (non-hydrogen) atoms. The third kappa shape index (κ3) is 8.32. The highest BCUT2D eigenvalue weighted by atomic mass is 35.5. The molecule has 0 heterocycles. The summed E-state index contributed by atoms with van der Waals surface area (Å²) in [5.74, 6) is -0.169. The molecule has 0 aromatic heterocycles. The fraction of sp³-hybridized carbons (Fsp3) is 0.467. The molecule has 2 N–H and O–H groups in total. The zero-order valence-corrected chi connectivity index (χ0v) is 13.4. The molecule has 2 amide bonds. The Morgan fingerprint density at radius 1 is 1.19 bits per heavy atom. The molecule has 1 aromatic carbocycles. The number of rotatable bonds is 8. The molecule has 0 bridgehead atoms. The van der Waals surface area contributed by atoms with E-state index in [0.29, 0.717) is 13.0 Å². The van der Waals surface area contributed by atoms with E-state index in [9.17, 15) is 9.59 Å². The second-order valence-corrected chi connectivity index (χ2v) is 4.72. The zero-order chi connectivity index (χ0) is 14.8. The van der Waals surface area contributed by atoms with E-state index >= 15 is 0 Å². The van der Waals surface area contributed by atoms with E-state index in [0.717, 1.165) is 18.5 Å². The zero-order valence-electron chi connectivity index (χ0n) is 12.6. The highest BCUT2D eigenvalue weighted by Crippen LogP contribution is 2.02. The van der Waals surface area contributed by atoms with Crippen LogP contribution in [0.1, 0.15) is 18.4 Å². The molecule has 0 saturated heterocycles. The summed E-state index contributed by atoms with van der Waals surface area (Å²) in [6, 6.07) is 9.77. The predicted molar refractivity (Wildman–Crippen MR) is 86.3 cm³/mol. The van der Waals surface area contributed by atoms with Gasteiger partial charge in [-0.25, -0.2) is 0 Å².